The third kappa shape index (κ3) is 5.33. The number of carboxylic acids is 1. The van der Waals surface area contributed by atoms with Gasteiger partial charge in [-0.1, -0.05) is 66.5 Å². The molecule has 2 aromatic carbocycles. The third-order valence-corrected chi connectivity index (χ3v) is 9.10. The van der Waals surface area contributed by atoms with Crippen LogP contribution in [0.25, 0.3) is 0 Å². The number of aliphatic carboxylic acids is 1. The number of nitrogens with one attached hydrogen (secondary N) is 1. The highest BCUT2D eigenvalue weighted by Gasteiger charge is 2.56. The van der Waals surface area contributed by atoms with Crippen LogP contribution in [-0.4, -0.2) is 35.8 Å². The molecule has 3 atom stereocenters. The molecule has 1 amide bonds. The average Bonchev–Trinajstić information content (AvgIpc) is 2.86. The Morgan fingerprint density at radius 3 is 2.59 bits per heavy atom. The Morgan fingerprint density at radius 2 is 1.92 bits per heavy atom. The van der Waals surface area contributed by atoms with Gasteiger partial charge in [0.15, 0.2) is 0 Å². The minimum absolute atomic E-state index is 0.0805. The van der Waals surface area contributed by atoms with E-state index in [2.05, 4.69) is 59.3 Å². The molecule has 2 aliphatic carbocycles. The summed E-state index contributed by atoms with van der Waals surface area (Å²) < 4.78 is 1.06. The minimum atomic E-state index is -0.823. The first-order valence-electron chi connectivity index (χ1n) is 13.2. The normalized spacial score (nSPS) is 25.9. The quantitative estimate of drug-likeness (QED) is 0.275. The van der Waals surface area contributed by atoms with Gasteiger partial charge in [0.25, 0.3) is 5.91 Å². The summed E-state index contributed by atoms with van der Waals surface area (Å²) in [4.78, 5) is 30.5. The molecular formula is C30H37BrN2O4. The first kappa shape index (κ1) is 27.4. The highest BCUT2D eigenvalue weighted by molar-refractivity contribution is 9.10. The Balaban J connectivity index is 1.55. The highest BCUT2D eigenvalue weighted by atomic mass is 79.9. The number of rotatable bonds is 8. The van der Waals surface area contributed by atoms with Crippen molar-refractivity contribution in [2.24, 2.45) is 16.5 Å². The Morgan fingerprint density at radius 1 is 1.19 bits per heavy atom. The third-order valence-electron chi connectivity index (χ3n) is 8.41. The number of halogens is 1. The average molecular weight is 570 g/mol. The number of fused-ring (bicyclic) bond motifs is 3. The van der Waals surface area contributed by atoms with Crippen molar-refractivity contribution < 1.29 is 19.5 Å². The number of carbonyl (C=O) groups is 2. The predicted octanol–water partition coefficient (Wildman–Crippen LogP) is 6.67. The zero-order chi connectivity index (χ0) is 26.8. The molecule has 198 valence electrons. The molecule has 6 nitrogen and oxygen atoms in total. The summed E-state index contributed by atoms with van der Waals surface area (Å²) in [6.45, 7) is 9.30. The fourth-order valence-corrected chi connectivity index (χ4v) is 6.99. The molecule has 37 heavy (non-hydrogen) atoms. The SMILES string of the molecule is CC(C)c1cc2c(cc1Br)[C@@]1(C)CCC[C@@](C)(C(=O)O)[C@@H]1C/C2=N\OCCCNC(=O)c1ccccc1. The lowest BCUT2D eigenvalue weighted by atomic mass is 9.49. The fraction of sp³-hybridized carbons (Fsp3) is 0.500. The van der Waals surface area contributed by atoms with E-state index in [1.54, 1.807) is 12.1 Å². The summed E-state index contributed by atoms with van der Waals surface area (Å²) in [5.41, 5.74) is 3.80. The van der Waals surface area contributed by atoms with Crippen LogP contribution in [-0.2, 0) is 15.0 Å². The van der Waals surface area contributed by atoms with Crippen LogP contribution in [0.1, 0.15) is 92.8 Å². The second kappa shape index (κ2) is 11.0. The minimum Gasteiger partial charge on any atom is -0.481 e. The Bertz CT molecular complexity index is 1200. The van der Waals surface area contributed by atoms with Gasteiger partial charge >= 0.3 is 5.97 Å². The number of carbonyl (C=O) groups excluding carboxylic acids is 1. The molecule has 0 unspecified atom stereocenters. The van der Waals surface area contributed by atoms with Crippen molar-refractivity contribution in [3.05, 3.63) is 69.2 Å². The highest BCUT2D eigenvalue weighted by Crippen LogP contribution is 2.58. The number of oxime groups is 1. The van der Waals surface area contributed by atoms with Crippen molar-refractivity contribution >= 4 is 33.5 Å². The van der Waals surface area contributed by atoms with Crippen LogP contribution in [0.4, 0.5) is 0 Å². The van der Waals surface area contributed by atoms with Gasteiger partial charge in [-0.15, -0.1) is 0 Å². The van der Waals surface area contributed by atoms with E-state index in [9.17, 15) is 14.7 Å². The Kier molecular flexibility index (Phi) is 8.12. The van der Waals surface area contributed by atoms with Crippen LogP contribution in [0.15, 0.2) is 52.1 Å². The van der Waals surface area contributed by atoms with Crippen LogP contribution in [0.2, 0.25) is 0 Å². The second-order valence-electron chi connectivity index (χ2n) is 11.2. The molecule has 4 rings (SSSR count). The largest absolute Gasteiger partial charge is 0.481 e. The monoisotopic (exact) mass is 568 g/mol. The molecule has 0 aliphatic heterocycles. The summed E-state index contributed by atoms with van der Waals surface area (Å²) in [5, 5.41) is 17.7. The molecule has 0 saturated heterocycles. The maximum absolute atomic E-state index is 12.5. The lowest BCUT2D eigenvalue weighted by molar-refractivity contribution is -0.156. The van der Waals surface area contributed by atoms with Crippen molar-refractivity contribution in [1.82, 2.24) is 5.32 Å². The van der Waals surface area contributed by atoms with E-state index >= 15 is 0 Å². The summed E-state index contributed by atoms with van der Waals surface area (Å²) >= 11 is 3.78. The van der Waals surface area contributed by atoms with E-state index in [0.29, 0.717) is 43.9 Å². The van der Waals surface area contributed by atoms with Crippen LogP contribution >= 0.6 is 15.9 Å². The molecule has 2 N–H and O–H groups in total. The Labute approximate surface area is 228 Å². The molecule has 0 radical (unpaired) electrons. The van der Waals surface area contributed by atoms with E-state index in [4.69, 9.17) is 4.84 Å². The number of hydrogen-bond donors (Lipinski definition) is 2. The second-order valence-corrected chi connectivity index (χ2v) is 12.0. The number of amides is 1. The van der Waals surface area contributed by atoms with Crippen LogP contribution in [0, 0.1) is 11.3 Å². The predicted molar refractivity (Wildman–Crippen MR) is 149 cm³/mol. The van der Waals surface area contributed by atoms with E-state index in [-0.39, 0.29) is 17.2 Å². The van der Waals surface area contributed by atoms with Gasteiger partial charge in [0.05, 0.1) is 11.1 Å². The Hall–Kier alpha value is -2.67. The number of nitrogens with zero attached hydrogens (tertiary/aromatic N) is 1. The fourth-order valence-electron chi connectivity index (χ4n) is 6.19. The molecule has 0 spiro atoms. The first-order valence-corrected chi connectivity index (χ1v) is 14.0. The van der Waals surface area contributed by atoms with Gasteiger partial charge in [0.2, 0.25) is 0 Å². The number of carboxylic acid groups (broad SMARTS) is 1. The molecule has 2 aliphatic rings. The van der Waals surface area contributed by atoms with E-state index in [1.165, 1.54) is 5.56 Å². The van der Waals surface area contributed by atoms with Crippen LogP contribution in [0.3, 0.4) is 0 Å². The van der Waals surface area contributed by atoms with E-state index in [0.717, 1.165) is 34.2 Å². The van der Waals surface area contributed by atoms with Gasteiger partial charge in [-0.3, -0.25) is 9.59 Å². The first-order chi connectivity index (χ1) is 17.6. The molecule has 2 aromatic rings. The summed E-state index contributed by atoms with van der Waals surface area (Å²) in [7, 11) is 0. The molecule has 7 heteroatoms. The number of benzene rings is 2. The maximum atomic E-state index is 12.5. The van der Waals surface area contributed by atoms with Gasteiger partial charge in [-0.2, -0.15) is 0 Å². The lowest BCUT2D eigenvalue weighted by Gasteiger charge is -2.53. The van der Waals surface area contributed by atoms with Crippen molar-refractivity contribution in [2.75, 3.05) is 13.2 Å². The summed E-state index contributed by atoms with van der Waals surface area (Å²) in [6, 6.07) is 13.5. The molecule has 0 bridgehead atoms. The lowest BCUT2D eigenvalue weighted by Crippen LogP contribution is -2.53. The van der Waals surface area contributed by atoms with Gasteiger partial charge in [0, 0.05) is 28.6 Å². The van der Waals surface area contributed by atoms with Crippen molar-refractivity contribution in [3.8, 4) is 0 Å². The van der Waals surface area contributed by atoms with Crippen LogP contribution in [0.5, 0.6) is 0 Å². The molecule has 1 saturated carbocycles. The van der Waals surface area contributed by atoms with Gasteiger partial charge in [-0.05, 0) is 78.8 Å². The smallest absolute Gasteiger partial charge is 0.309 e. The van der Waals surface area contributed by atoms with Gasteiger partial charge in [0.1, 0.15) is 6.61 Å². The van der Waals surface area contributed by atoms with E-state index in [1.807, 2.05) is 25.1 Å². The van der Waals surface area contributed by atoms with Gasteiger partial charge < -0.3 is 15.3 Å². The van der Waals surface area contributed by atoms with Crippen molar-refractivity contribution in [3.63, 3.8) is 0 Å². The maximum Gasteiger partial charge on any atom is 0.309 e. The van der Waals surface area contributed by atoms with E-state index < -0.39 is 11.4 Å². The van der Waals surface area contributed by atoms with Gasteiger partial charge in [-0.25, -0.2) is 0 Å². The molecule has 0 heterocycles. The van der Waals surface area contributed by atoms with Crippen LogP contribution < -0.4 is 5.32 Å². The summed E-state index contributed by atoms with van der Waals surface area (Å²) in [5.74, 6) is -0.595. The zero-order valence-corrected chi connectivity index (χ0v) is 23.7. The van der Waals surface area contributed by atoms with Crippen molar-refractivity contribution in [2.45, 2.75) is 71.1 Å². The topological polar surface area (TPSA) is 88.0 Å². The summed E-state index contributed by atoms with van der Waals surface area (Å²) in [6.07, 6.45) is 3.69. The molecule has 1 fully saturated rings. The molecule has 0 aromatic heterocycles. The molecular weight excluding hydrogens is 532 g/mol. The standard InChI is InChI=1S/C30H37BrN2O4/c1-19(2)21-16-22-23(17-24(21)31)29(3)12-8-13-30(4,28(35)36)26(29)18-25(22)33-37-15-9-14-32-27(34)20-10-6-5-7-11-20/h5-7,10-11,16-17,19,26H,8-9,12-15,18H2,1-4H3,(H,32,34)(H,35,36)/b33-25+/t26-,29-,30-/m1/s1. The van der Waals surface area contributed by atoms with Crippen molar-refractivity contribution in [1.29, 1.82) is 0 Å². The zero-order valence-electron chi connectivity index (χ0n) is 22.1. The number of hydrogen-bond acceptors (Lipinski definition) is 4.